The molecule has 2 rings (SSSR count). The van der Waals surface area contributed by atoms with Gasteiger partial charge in [-0.25, -0.2) is 10.8 Å². The van der Waals surface area contributed by atoms with Gasteiger partial charge in [0.1, 0.15) is 6.61 Å². The van der Waals surface area contributed by atoms with Crippen LogP contribution in [0.25, 0.3) is 5.65 Å². The van der Waals surface area contributed by atoms with Crippen LogP contribution in [0.4, 0.5) is 5.82 Å². The number of nitrogens with zero attached hydrogens (tertiary/aromatic N) is 3. The van der Waals surface area contributed by atoms with E-state index in [1.165, 1.54) is 0 Å². The summed E-state index contributed by atoms with van der Waals surface area (Å²) in [6, 6.07) is 0. The number of anilines is 1. The van der Waals surface area contributed by atoms with Gasteiger partial charge in [0.15, 0.2) is 5.82 Å². The highest BCUT2D eigenvalue weighted by atomic mass is 16.5. The molecule has 2 aromatic heterocycles. The number of nitrogens with two attached hydrogens (primary N) is 1. The van der Waals surface area contributed by atoms with Crippen molar-refractivity contribution in [1.82, 2.24) is 14.4 Å². The molecule has 0 aliphatic carbocycles. The first-order valence-corrected chi connectivity index (χ1v) is 5.86. The van der Waals surface area contributed by atoms with E-state index in [0.29, 0.717) is 30.6 Å². The predicted octanol–water partition coefficient (Wildman–Crippen LogP) is 0.820. The molecule has 0 radical (unpaired) electrons. The van der Waals surface area contributed by atoms with Gasteiger partial charge in [0.25, 0.3) is 5.88 Å². The molecule has 0 aliphatic rings. The van der Waals surface area contributed by atoms with Crippen LogP contribution in [0.15, 0.2) is 18.6 Å². The van der Waals surface area contributed by atoms with Crippen LogP contribution in [0.1, 0.15) is 13.3 Å². The molecule has 2 heterocycles. The summed E-state index contributed by atoms with van der Waals surface area (Å²) in [6.45, 7) is 3.76. The van der Waals surface area contributed by atoms with Crippen molar-refractivity contribution >= 4 is 11.5 Å². The van der Waals surface area contributed by atoms with Crippen LogP contribution in [0.5, 0.6) is 5.88 Å². The molecule has 0 aromatic carbocycles. The number of nitrogen functional groups attached to an aromatic ring is 1. The maximum Gasteiger partial charge on any atom is 0.260 e. The second-order valence-corrected chi connectivity index (χ2v) is 3.69. The number of aromatic nitrogens is 3. The van der Waals surface area contributed by atoms with Gasteiger partial charge in [0, 0.05) is 19.0 Å². The van der Waals surface area contributed by atoms with Crippen molar-refractivity contribution in [2.45, 2.75) is 13.3 Å². The van der Waals surface area contributed by atoms with Crippen LogP contribution in [0.2, 0.25) is 0 Å². The third-order valence-corrected chi connectivity index (χ3v) is 2.31. The molecule has 0 aliphatic heterocycles. The number of rotatable bonds is 7. The fraction of sp³-hybridized carbons (Fsp3) is 0.455. The third-order valence-electron chi connectivity index (χ3n) is 2.31. The van der Waals surface area contributed by atoms with E-state index >= 15 is 0 Å². The Morgan fingerprint density at radius 2 is 2.28 bits per heavy atom. The molecule has 0 fully saturated rings. The van der Waals surface area contributed by atoms with Crippen molar-refractivity contribution < 1.29 is 9.47 Å². The van der Waals surface area contributed by atoms with E-state index in [2.05, 4.69) is 22.3 Å². The Kier molecular flexibility index (Phi) is 4.32. The number of hydrazine groups is 1. The van der Waals surface area contributed by atoms with Gasteiger partial charge in [-0.2, -0.15) is 4.98 Å². The van der Waals surface area contributed by atoms with Gasteiger partial charge < -0.3 is 14.9 Å². The molecule has 0 unspecified atom stereocenters. The largest absolute Gasteiger partial charge is 0.473 e. The second kappa shape index (κ2) is 6.18. The minimum Gasteiger partial charge on any atom is -0.473 e. The smallest absolute Gasteiger partial charge is 0.260 e. The molecule has 3 N–H and O–H groups in total. The van der Waals surface area contributed by atoms with E-state index in [9.17, 15) is 0 Å². The van der Waals surface area contributed by atoms with Crippen molar-refractivity contribution in [2.75, 3.05) is 25.2 Å². The summed E-state index contributed by atoms with van der Waals surface area (Å²) < 4.78 is 12.7. The molecule has 7 heteroatoms. The Hall–Kier alpha value is -1.86. The van der Waals surface area contributed by atoms with Crippen molar-refractivity contribution in [3.8, 4) is 5.88 Å². The number of nitrogens with one attached hydrogen (secondary N) is 1. The van der Waals surface area contributed by atoms with E-state index in [-0.39, 0.29) is 0 Å². The van der Waals surface area contributed by atoms with Gasteiger partial charge in [-0.15, -0.1) is 0 Å². The minimum atomic E-state index is 0.434. The first-order chi connectivity index (χ1) is 8.85. The number of hydrogen-bond acceptors (Lipinski definition) is 6. The quantitative estimate of drug-likeness (QED) is 0.430. The second-order valence-electron chi connectivity index (χ2n) is 3.69. The lowest BCUT2D eigenvalue weighted by Crippen LogP contribution is -2.12. The lowest BCUT2D eigenvalue weighted by molar-refractivity contribution is 0.0994. The number of imidazole rings is 1. The van der Waals surface area contributed by atoms with Gasteiger partial charge >= 0.3 is 0 Å². The Morgan fingerprint density at radius 3 is 3.06 bits per heavy atom. The van der Waals surface area contributed by atoms with E-state index in [1.807, 2.05) is 0 Å². The predicted molar refractivity (Wildman–Crippen MR) is 67.4 cm³/mol. The van der Waals surface area contributed by atoms with Gasteiger partial charge in [-0.3, -0.25) is 4.40 Å². The highest BCUT2D eigenvalue weighted by Crippen LogP contribution is 2.17. The summed E-state index contributed by atoms with van der Waals surface area (Å²) in [7, 11) is 0. The minimum absolute atomic E-state index is 0.434. The van der Waals surface area contributed by atoms with Crippen LogP contribution in [-0.2, 0) is 4.74 Å². The fourth-order valence-corrected chi connectivity index (χ4v) is 1.51. The Labute approximate surface area is 105 Å². The fourth-order valence-electron chi connectivity index (χ4n) is 1.51. The van der Waals surface area contributed by atoms with E-state index in [1.54, 1.807) is 23.0 Å². The molecule has 98 valence electrons. The Morgan fingerprint density at radius 1 is 1.39 bits per heavy atom. The summed E-state index contributed by atoms with van der Waals surface area (Å²) in [4.78, 5) is 8.39. The highest BCUT2D eigenvalue weighted by molar-refractivity contribution is 5.53. The van der Waals surface area contributed by atoms with E-state index in [4.69, 9.17) is 15.3 Å². The van der Waals surface area contributed by atoms with Crippen LogP contribution in [0.3, 0.4) is 0 Å². The Balaban J connectivity index is 2.04. The number of hydrogen-bond donors (Lipinski definition) is 2. The normalized spacial score (nSPS) is 10.8. The van der Waals surface area contributed by atoms with E-state index in [0.717, 1.165) is 13.0 Å². The zero-order chi connectivity index (χ0) is 12.8. The molecule has 0 saturated carbocycles. The summed E-state index contributed by atoms with van der Waals surface area (Å²) >= 11 is 0. The van der Waals surface area contributed by atoms with Gasteiger partial charge in [-0.1, -0.05) is 6.92 Å². The van der Waals surface area contributed by atoms with Crippen molar-refractivity contribution in [3.63, 3.8) is 0 Å². The van der Waals surface area contributed by atoms with Gasteiger partial charge in [0.05, 0.1) is 12.8 Å². The summed E-state index contributed by atoms with van der Waals surface area (Å²) in [5.41, 5.74) is 3.15. The third kappa shape index (κ3) is 2.88. The molecular formula is C11H17N5O2. The average Bonchev–Trinajstić information content (AvgIpc) is 2.86. The Bertz CT molecular complexity index is 499. The monoisotopic (exact) mass is 251 g/mol. The molecule has 0 saturated heterocycles. The molecule has 0 amide bonds. The first-order valence-electron chi connectivity index (χ1n) is 5.86. The van der Waals surface area contributed by atoms with Crippen LogP contribution in [-0.4, -0.2) is 34.2 Å². The number of ether oxygens (including phenoxy) is 2. The molecule has 2 aromatic rings. The van der Waals surface area contributed by atoms with Gasteiger partial charge in [0.2, 0.25) is 5.65 Å². The highest BCUT2D eigenvalue weighted by Gasteiger charge is 2.08. The molecule has 18 heavy (non-hydrogen) atoms. The first kappa shape index (κ1) is 12.6. The van der Waals surface area contributed by atoms with Crippen LogP contribution < -0.4 is 16.0 Å². The average molecular weight is 251 g/mol. The maximum absolute atomic E-state index is 5.55. The lowest BCUT2D eigenvalue weighted by Gasteiger charge is -2.08. The molecule has 7 nitrogen and oxygen atoms in total. The zero-order valence-electron chi connectivity index (χ0n) is 10.3. The lowest BCUT2D eigenvalue weighted by atomic mass is 10.5. The zero-order valence-corrected chi connectivity index (χ0v) is 10.3. The van der Waals surface area contributed by atoms with Crippen LogP contribution >= 0.6 is 0 Å². The van der Waals surface area contributed by atoms with E-state index < -0.39 is 0 Å². The summed E-state index contributed by atoms with van der Waals surface area (Å²) in [6.07, 6.45) is 6.22. The number of fused-ring (bicyclic) bond motifs is 1. The standard InChI is InChI=1S/C11H17N5O2/c1-2-5-17-6-7-18-11-10-13-3-4-16(10)8-9(14-11)15-12/h3-4,8,15H,2,5-7,12H2,1H3. The topological polar surface area (TPSA) is 86.7 Å². The van der Waals surface area contributed by atoms with Crippen LogP contribution in [0, 0.1) is 0 Å². The molecule has 0 atom stereocenters. The maximum atomic E-state index is 5.55. The summed E-state index contributed by atoms with van der Waals surface area (Å²) in [5.74, 6) is 6.31. The molecule has 0 spiro atoms. The van der Waals surface area contributed by atoms with Crippen molar-refractivity contribution in [3.05, 3.63) is 18.6 Å². The van der Waals surface area contributed by atoms with Crippen molar-refractivity contribution in [2.24, 2.45) is 5.84 Å². The molecule has 0 bridgehead atoms. The SMILES string of the molecule is CCCOCCOc1nc(NN)cn2ccnc12. The molecular weight excluding hydrogens is 234 g/mol. The summed E-state index contributed by atoms with van der Waals surface area (Å²) in [5, 5.41) is 0. The van der Waals surface area contributed by atoms with Gasteiger partial charge in [-0.05, 0) is 6.42 Å². The van der Waals surface area contributed by atoms with Crippen molar-refractivity contribution in [1.29, 1.82) is 0 Å².